The van der Waals surface area contributed by atoms with Gasteiger partial charge in [-0.05, 0) is 100 Å². The number of fused-ring (bicyclic) bond motifs is 6. The highest BCUT2D eigenvalue weighted by atomic mass is 16.4. The van der Waals surface area contributed by atoms with Gasteiger partial charge in [-0.25, -0.2) is 0 Å². The van der Waals surface area contributed by atoms with Gasteiger partial charge in [0.2, 0.25) is 0 Å². The van der Waals surface area contributed by atoms with E-state index < -0.39 is 12.5 Å². The molecule has 1 aliphatic carbocycles. The van der Waals surface area contributed by atoms with Crippen molar-refractivity contribution < 1.29 is 10.0 Å². The summed E-state index contributed by atoms with van der Waals surface area (Å²) < 4.78 is 2.34. The lowest BCUT2D eigenvalue weighted by Gasteiger charge is -2.34. The lowest BCUT2D eigenvalue weighted by Crippen LogP contribution is -2.33. The van der Waals surface area contributed by atoms with Crippen molar-refractivity contribution in [3.63, 3.8) is 0 Å². The number of nitrogens with zero attached hydrogens (tertiary/aromatic N) is 1. The third kappa shape index (κ3) is 4.38. The molecule has 1 aromatic heterocycles. The van der Waals surface area contributed by atoms with Gasteiger partial charge in [-0.1, -0.05) is 132 Å². The van der Waals surface area contributed by atoms with E-state index in [9.17, 15) is 10.0 Å². The quantitative estimate of drug-likeness (QED) is 0.186. The highest BCUT2D eigenvalue weighted by Gasteiger charge is 2.47. The van der Waals surface area contributed by atoms with E-state index in [0.717, 1.165) is 50.2 Å². The second kappa shape index (κ2) is 11.2. The van der Waals surface area contributed by atoms with Gasteiger partial charge in [-0.15, -0.1) is 0 Å². The van der Waals surface area contributed by atoms with Gasteiger partial charge in [0, 0.05) is 16.5 Å². The van der Waals surface area contributed by atoms with Crippen molar-refractivity contribution >= 4 is 34.4 Å². The second-order valence-corrected chi connectivity index (χ2v) is 13.3. The van der Waals surface area contributed by atoms with Crippen molar-refractivity contribution in [2.75, 3.05) is 0 Å². The first-order valence-corrected chi connectivity index (χ1v) is 16.8. The van der Waals surface area contributed by atoms with Gasteiger partial charge in [0.15, 0.2) is 0 Å². The van der Waals surface area contributed by atoms with Crippen LogP contribution in [0.1, 0.15) is 33.4 Å². The maximum atomic E-state index is 10.7. The fourth-order valence-electron chi connectivity index (χ4n) is 8.20. The van der Waals surface area contributed by atoms with Gasteiger partial charge in [-0.2, -0.15) is 0 Å². The van der Waals surface area contributed by atoms with E-state index in [1.807, 2.05) is 12.1 Å². The minimum Gasteiger partial charge on any atom is -0.423 e. The summed E-state index contributed by atoms with van der Waals surface area (Å²) in [4.78, 5) is 0. The van der Waals surface area contributed by atoms with E-state index in [1.54, 1.807) is 0 Å². The molecule has 0 aliphatic heterocycles. The monoisotopic (exact) mass is 631 g/mol. The van der Waals surface area contributed by atoms with Crippen LogP contribution in [0.5, 0.6) is 0 Å². The van der Waals surface area contributed by atoms with E-state index in [-0.39, 0.29) is 0 Å². The van der Waals surface area contributed by atoms with Gasteiger partial charge in [0.05, 0.1) is 16.4 Å². The Balaban J connectivity index is 1.33. The van der Waals surface area contributed by atoms with Crippen LogP contribution >= 0.6 is 0 Å². The van der Waals surface area contributed by atoms with Crippen molar-refractivity contribution in [1.82, 2.24) is 4.57 Å². The largest absolute Gasteiger partial charge is 0.489 e. The zero-order valence-electron chi connectivity index (χ0n) is 27.4. The molecule has 0 unspecified atom stereocenters. The maximum absolute atomic E-state index is 10.7. The Morgan fingerprint density at radius 3 is 1.82 bits per heavy atom. The molecule has 0 fully saturated rings. The molecule has 2 N–H and O–H groups in total. The predicted molar refractivity (Wildman–Crippen MR) is 203 cm³/mol. The molecule has 49 heavy (non-hydrogen) atoms. The normalized spacial score (nSPS) is 13.1. The Bertz CT molecular complexity index is 2480. The van der Waals surface area contributed by atoms with E-state index >= 15 is 0 Å². The Morgan fingerprint density at radius 1 is 0.510 bits per heavy atom. The number of para-hydroxylation sites is 2. The molecule has 0 saturated carbocycles. The summed E-state index contributed by atoms with van der Waals surface area (Å²) in [5.41, 5.74) is 14.3. The molecule has 1 aliphatic rings. The summed E-state index contributed by atoms with van der Waals surface area (Å²) in [7, 11) is -1.60. The van der Waals surface area contributed by atoms with Crippen LogP contribution in [-0.2, 0) is 5.41 Å². The van der Waals surface area contributed by atoms with Crippen molar-refractivity contribution in [2.45, 2.75) is 19.3 Å². The predicted octanol–water partition coefficient (Wildman–Crippen LogP) is 9.11. The molecule has 0 saturated heterocycles. The molecule has 3 nitrogen and oxygen atoms in total. The van der Waals surface area contributed by atoms with Crippen molar-refractivity contribution in [2.24, 2.45) is 0 Å². The maximum Gasteiger partial charge on any atom is 0.489 e. The van der Waals surface area contributed by atoms with Crippen LogP contribution in [0.15, 0.2) is 158 Å². The summed E-state index contributed by atoms with van der Waals surface area (Å²) in [6.45, 7) is 4.23. The molecule has 7 aromatic carbocycles. The summed E-state index contributed by atoms with van der Waals surface area (Å²) in [5.74, 6) is 0. The minimum absolute atomic E-state index is 0.516. The molecular formula is C45H34BNO2. The lowest BCUT2D eigenvalue weighted by atomic mass is 9.66. The Hall–Kier alpha value is -5.68. The molecule has 0 atom stereocenters. The fraction of sp³-hybridized carbons (Fsp3) is 0.0667. The average Bonchev–Trinajstić information content (AvgIpc) is 3.63. The van der Waals surface area contributed by atoms with E-state index in [1.165, 1.54) is 32.9 Å². The standard InChI is InChI=1S/C45H34BNO2/c1-29-15-21-33(22-16-29)45(34-23-17-30(2)18-24-34)39-12-8-13-41(46(48)49)44(39)37-25-19-32(28-40(37)45)31-20-26-43-38(27-31)36-11-6-7-14-42(36)47(43)35-9-4-3-5-10-35/h3-28,48-49H,1-2H3. The molecule has 0 bridgehead atoms. The molecule has 234 valence electrons. The number of benzene rings is 7. The Labute approximate surface area is 286 Å². The third-order valence-corrected chi connectivity index (χ3v) is 10.5. The Morgan fingerprint density at radius 2 is 1.12 bits per heavy atom. The molecule has 0 amide bonds. The summed E-state index contributed by atoms with van der Waals surface area (Å²) >= 11 is 0. The number of hydrogen-bond acceptors (Lipinski definition) is 2. The van der Waals surface area contributed by atoms with Crippen LogP contribution in [0.3, 0.4) is 0 Å². The molecular weight excluding hydrogens is 597 g/mol. The second-order valence-electron chi connectivity index (χ2n) is 13.3. The minimum atomic E-state index is -1.60. The van der Waals surface area contributed by atoms with E-state index in [2.05, 4.69) is 164 Å². The van der Waals surface area contributed by atoms with Crippen LogP contribution < -0.4 is 5.46 Å². The molecule has 0 radical (unpaired) electrons. The average molecular weight is 632 g/mol. The first-order valence-electron chi connectivity index (χ1n) is 16.8. The van der Waals surface area contributed by atoms with Gasteiger partial charge in [0.1, 0.15) is 0 Å². The lowest BCUT2D eigenvalue weighted by molar-refractivity contribution is 0.426. The smallest absolute Gasteiger partial charge is 0.423 e. The zero-order chi connectivity index (χ0) is 33.3. The van der Waals surface area contributed by atoms with E-state index in [0.29, 0.717) is 5.46 Å². The molecule has 0 spiro atoms. The molecule has 1 heterocycles. The number of aryl methyl sites for hydroxylation is 2. The highest BCUT2D eigenvalue weighted by Crippen LogP contribution is 2.56. The summed E-state index contributed by atoms with van der Waals surface area (Å²) in [6.07, 6.45) is 0. The van der Waals surface area contributed by atoms with Crippen LogP contribution in [0, 0.1) is 13.8 Å². The van der Waals surface area contributed by atoms with Crippen molar-refractivity contribution in [3.05, 3.63) is 191 Å². The molecule has 8 aromatic rings. The van der Waals surface area contributed by atoms with Gasteiger partial charge >= 0.3 is 7.12 Å². The molecule has 9 rings (SSSR count). The van der Waals surface area contributed by atoms with Crippen molar-refractivity contribution in [3.8, 4) is 27.9 Å². The van der Waals surface area contributed by atoms with Gasteiger partial charge in [0.25, 0.3) is 0 Å². The van der Waals surface area contributed by atoms with Gasteiger partial charge in [-0.3, -0.25) is 0 Å². The van der Waals surface area contributed by atoms with E-state index in [4.69, 9.17) is 0 Å². The fourth-order valence-corrected chi connectivity index (χ4v) is 8.20. The molecule has 4 heteroatoms. The zero-order valence-corrected chi connectivity index (χ0v) is 27.4. The van der Waals surface area contributed by atoms with Crippen molar-refractivity contribution in [1.29, 1.82) is 0 Å². The van der Waals surface area contributed by atoms with Crippen LogP contribution in [0.4, 0.5) is 0 Å². The summed E-state index contributed by atoms with van der Waals surface area (Å²) in [5, 5.41) is 23.7. The highest BCUT2D eigenvalue weighted by molar-refractivity contribution is 6.60. The van der Waals surface area contributed by atoms with Gasteiger partial charge < -0.3 is 14.6 Å². The third-order valence-electron chi connectivity index (χ3n) is 10.5. The summed E-state index contributed by atoms with van der Waals surface area (Å²) in [6, 6.07) is 56.2. The van der Waals surface area contributed by atoms with Crippen LogP contribution in [-0.4, -0.2) is 21.7 Å². The SMILES string of the molecule is Cc1ccc(C2(c3ccc(C)cc3)c3cc(-c4ccc5c(c4)c4ccccc4n5-c4ccccc4)ccc3-c3c(B(O)O)cccc32)cc1. The number of hydrogen-bond donors (Lipinski definition) is 2. The first-order chi connectivity index (χ1) is 23.9. The number of rotatable bonds is 5. The topological polar surface area (TPSA) is 45.4 Å². The van der Waals surface area contributed by atoms with Crippen LogP contribution in [0.2, 0.25) is 0 Å². The Kier molecular flexibility index (Phi) is 6.74. The van der Waals surface area contributed by atoms with Crippen LogP contribution in [0.25, 0.3) is 49.7 Å². The first kappa shape index (κ1) is 29.5. The number of aromatic nitrogens is 1.